The van der Waals surface area contributed by atoms with E-state index in [2.05, 4.69) is 4.98 Å². The maximum atomic E-state index is 10.8. The van der Waals surface area contributed by atoms with Crippen molar-refractivity contribution in [3.05, 3.63) is 29.6 Å². The highest BCUT2D eigenvalue weighted by atomic mass is 16.5. The third kappa shape index (κ3) is 2.40. The molecule has 1 aliphatic rings. The lowest BCUT2D eigenvalue weighted by molar-refractivity contribution is -0.143. The molecule has 1 saturated carbocycles. The van der Waals surface area contributed by atoms with Crippen molar-refractivity contribution < 1.29 is 10.9 Å². The molecule has 86 valence electrons. The Morgan fingerprint density at radius 1 is 1.62 bits per heavy atom. The fourth-order valence-electron chi connectivity index (χ4n) is 1.95. The molecule has 1 fully saturated rings. The average molecular weight is 220 g/mol. The first-order valence-electron chi connectivity index (χ1n) is 6.10. The Balaban J connectivity index is 2.11. The van der Waals surface area contributed by atoms with Crippen LogP contribution in [0.1, 0.15) is 38.4 Å². The van der Waals surface area contributed by atoms with E-state index in [0.29, 0.717) is 6.61 Å². The van der Waals surface area contributed by atoms with Gasteiger partial charge in [0.05, 0.1) is 6.61 Å². The summed E-state index contributed by atoms with van der Waals surface area (Å²) in [5.41, 5.74) is 1.72. The second-order valence-corrected chi connectivity index (χ2v) is 4.23. The Bertz CT molecular complexity index is 435. The number of ether oxygens (including phenoxy) is 1. The van der Waals surface area contributed by atoms with Crippen molar-refractivity contribution in [2.45, 2.75) is 32.6 Å². The molecule has 3 nitrogen and oxygen atoms in total. The third-order valence-electron chi connectivity index (χ3n) is 2.96. The van der Waals surface area contributed by atoms with Crippen LogP contribution < -0.4 is 0 Å². The molecule has 3 heteroatoms. The van der Waals surface area contributed by atoms with Crippen LogP contribution in [-0.4, -0.2) is 17.6 Å². The fraction of sp³-hybridized carbons (Fsp3) is 0.538. The molecule has 0 bridgehead atoms. The number of hydrogen-bond donors (Lipinski definition) is 0. The van der Waals surface area contributed by atoms with E-state index in [1.54, 1.807) is 0 Å². The van der Waals surface area contributed by atoms with Gasteiger partial charge in [-0.25, -0.2) is 0 Å². The normalized spacial score (nSPS) is 29.1. The standard InChI is InChI=1S/C13H17NO2/c1-9-4-3-5-13(14-9)12-7-6-11(12)8-16-10(2)15/h3-5,11-12H,6-8H2,1-2H3/i12D. The van der Waals surface area contributed by atoms with Crippen LogP contribution in [0.15, 0.2) is 18.2 Å². The number of aryl methyl sites for hydroxylation is 1. The van der Waals surface area contributed by atoms with Crippen LogP contribution in [0.3, 0.4) is 0 Å². The van der Waals surface area contributed by atoms with E-state index in [-0.39, 0.29) is 11.9 Å². The van der Waals surface area contributed by atoms with E-state index >= 15 is 0 Å². The number of aromatic nitrogens is 1. The maximum absolute atomic E-state index is 10.8. The van der Waals surface area contributed by atoms with Gasteiger partial charge in [0.15, 0.2) is 0 Å². The Morgan fingerprint density at radius 2 is 2.44 bits per heavy atom. The zero-order valence-electron chi connectivity index (χ0n) is 10.7. The molecule has 1 heterocycles. The quantitative estimate of drug-likeness (QED) is 0.734. The maximum Gasteiger partial charge on any atom is 0.302 e. The van der Waals surface area contributed by atoms with Crippen LogP contribution in [-0.2, 0) is 9.53 Å². The molecule has 16 heavy (non-hydrogen) atoms. The average Bonchev–Trinajstić information content (AvgIpc) is 2.26. The van der Waals surface area contributed by atoms with Gasteiger partial charge in [-0.3, -0.25) is 9.78 Å². The number of pyridine rings is 1. The predicted octanol–water partition coefficient (Wildman–Crippen LogP) is 2.45. The van der Waals surface area contributed by atoms with Crippen LogP contribution in [0, 0.1) is 12.8 Å². The van der Waals surface area contributed by atoms with Crippen molar-refractivity contribution in [3.63, 3.8) is 0 Å². The van der Waals surface area contributed by atoms with E-state index in [4.69, 9.17) is 6.11 Å². The molecule has 1 aliphatic carbocycles. The predicted molar refractivity (Wildman–Crippen MR) is 61.1 cm³/mol. The Labute approximate surface area is 97.2 Å². The summed E-state index contributed by atoms with van der Waals surface area (Å²) in [6.45, 7) is 3.65. The Morgan fingerprint density at radius 3 is 3.00 bits per heavy atom. The minimum atomic E-state index is -0.679. The lowest BCUT2D eigenvalue weighted by atomic mass is 9.72. The van der Waals surface area contributed by atoms with Crippen LogP contribution in [0.4, 0.5) is 0 Å². The van der Waals surface area contributed by atoms with Gasteiger partial charge in [-0.15, -0.1) is 0 Å². The Kier molecular flexibility index (Phi) is 2.85. The second kappa shape index (κ2) is 4.64. The van der Waals surface area contributed by atoms with E-state index < -0.39 is 5.89 Å². The summed E-state index contributed by atoms with van der Waals surface area (Å²) in [7, 11) is 0. The first-order chi connectivity index (χ1) is 8.02. The second-order valence-electron chi connectivity index (χ2n) is 4.23. The first-order valence-corrected chi connectivity index (χ1v) is 5.60. The highest BCUT2D eigenvalue weighted by molar-refractivity contribution is 5.65. The van der Waals surface area contributed by atoms with Gasteiger partial charge in [0.25, 0.3) is 0 Å². The van der Waals surface area contributed by atoms with E-state index in [1.807, 2.05) is 25.1 Å². The lowest BCUT2D eigenvalue weighted by Gasteiger charge is -2.35. The van der Waals surface area contributed by atoms with Crippen LogP contribution in [0.2, 0.25) is 0 Å². The van der Waals surface area contributed by atoms with Gasteiger partial charge in [0, 0.05) is 31.5 Å². The molecule has 0 N–H and O–H groups in total. The molecule has 0 amide bonds. The topological polar surface area (TPSA) is 39.2 Å². The molecular formula is C13H17NO2. The molecule has 1 aromatic heterocycles. The summed E-state index contributed by atoms with van der Waals surface area (Å²) in [5, 5.41) is 0. The molecule has 0 spiro atoms. The van der Waals surface area contributed by atoms with E-state index in [0.717, 1.165) is 24.2 Å². The van der Waals surface area contributed by atoms with Crippen molar-refractivity contribution in [2.75, 3.05) is 6.61 Å². The Hall–Kier alpha value is -1.38. The molecule has 1 aromatic rings. The fourth-order valence-corrected chi connectivity index (χ4v) is 1.95. The smallest absolute Gasteiger partial charge is 0.302 e. The molecule has 2 atom stereocenters. The molecular weight excluding hydrogens is 202 g/mol. The number of hydrogen-bond acceptors (Lipinski definition) is 3. The monoisotopic (exact) mass is 220 g/mol. The number of esters is 1. The van der Waals surface area contributed by atoms with E-state index in [9.17, 15) is 4.79 Å². The summed E-state index contributed by atoms with van der Waals surface area (Å²) in [6, 6.07) is 5.74. The molecule has 2 unspecified atom stereocenters. The van der Waals surface area contributed by atoms with Crippen molar-refractivity contribution in [3.8, 4) is 0 Å². The molecule has 0 saturated heterocycles. The zero-order valence-corrected chi connectivity index (χ0v) is 9.69. The van der Waals surface area contributed by atoms with Crippen LogP contribution in [0.25, 0.3) is 0 Å². The summed E-state index contributed by atoms with van der Waals surface area (Å²) in [4.78, 5) is 15.2. The van der Waals surface area contributed by atoms with Gasteiger partial charge < -0.3 is 4.74 Å². The van der Waals surface area contributed by atoms with Crippen molar-refractivity contribution in [1.82, 2.24) is 4.98 Å². The summed E-state index contributed by atoms with van der Waals surface area (Å²) >= 11 is 0. The number of carbonyl (C=O) groups is 1. The molecule has 0 aromatic carbocycles. The summed E-state index contributed by atoms with van der Waals surface area (Å²) < 4.78 is 13.5. The minimum absolute atomic E-state index is 0.0701. The highest BCUT2D eigenvalue weighted by Gasteiger charge is 2.33. The van der Waals surface area contributed by atoms with Gasteiger partial charge in [0.2, 0.25) is 0 Å². The van der Waals surface area contributed by atoms with Gasteiger partial charge in [-0.1, -0.05) is 6.07 Å². The number of nitrogens with zero attached hydrogens (tertiary/aromatic N) is 1. The molecule has 0 aliphatic heterocycles. The first kappa shape index (κ1) is 9.82. The largest absolute Gasteiger partial charge is 0.466 e. The zero-order chi connectivity index (χ0) is 12.5. The van der Waals surface area contributed by atoms with Gasteiger partial charge >= 0.3 is 5.97 Å². The van der Waals surface area contributed by atoms with Crippen molar-refractivity contribution in [2.24, 2.45) is 5.92 Å². The summed E-state index contributed by atoms with van der Waals surface area (Å²) in [5.74, 6) is -0.890. The van der Waals surface area contributed by atoms with E-state index in [1.165, 1.54) is 6.92 Å². The molecule has 2 rings (SSSR count). The van der Waals surface area contributed by atoms with Crippen LogP contribution in [0.5, 0.6) is 0 Å². The highest BCUT2D eigenvalue weighted by Crippen LogP contribution is 2.41. The third-order valence-corrected chi connectivity index (χ3v) is 2.96. The SMILES string of the molecule is [2H]C1(c2cccc(C)n2)CCC1COC(C)=O. The summed E-state index contributed by atoms with van der Waals surface area (Å²) in [6.07, 6.45) is 1.71. The minimum Gasteiger partial charge on any atom is -0.466 e. The van der Waals surface area contributed by atoms with Crippen molar-refractivity contribution in [1.29, 1.82) is 0 Å². The van der Waals surface area contributed by atoms with Gasteiger partial charge in [0.1, 0.15) is 0 Å². The molecule has 0 radical (unpaired) electrons. The van der Waals surface area contributed by atoms with Gasteiger partial charge in [-0.05, 0) is 31.9 Å². The van der Waals surface area contributed by atoms with Crippen molar-refractivity contribution >= 4 is 5.97 Å². The number of rotatable bonds is 3. The number of carbonyl (C=O) groups excluding carboxylic acids is 1. The lowest BCUT2D eigenvalue weighted by Crippen LogP contribution is -2.29. The van der Waals surface area contributed by atoms with Gasteiger partial charge in [-0.2, -0.15) is 0 Å². The van der Waals surface area contributed by atoms with Crippen LogP contribution >= 0.6 is 0 Å².